The smallest absolute Gasteiger partial charge is 0.323 e. The number of aromatic nitrogens is 1. The van der Waals surface area contributed by atoms with E-state index >= 15 is 0 Å². The van der Waals surface area contributed by atoms with Crippen LogP contribution in [0.1, 0.15) is 29.7 Å². The summed E-state index contributed by atoms with van der Waals surface area (Å²) in [6.45, 7) is 4.76. The average molecular weight is 315 g/mol. The average Bonchev–Trinajstić information content (AvgIpc) is 2.93. The minimum atomic E-state index is -0.868. The van der Waals surface area contributed by atoms with Gasteiger partial charge in [0.2, 0.25) is 0 Å². The number of aryl methyl sites for hydroxylation is 2. The third-order valence-electron chi connectivity index (χ3n) is 4.39. The molecule has 23 heavy (non-hydrogen) atoms. The number of nitrogens with one attached hydrogen (secondary N) is 1. The van der Waals surface area contributed by atoms with E-state index in [1.54, 1.807) is 17.9 Å². The lowest BCUT2D eigenvalue weighted by molar-refractivity contribution is -0.0161. The monoisotopic (exact) mass is 315 g/mol. The van der Waals surface area contributed by atoms with Gasteiger partial charge in [0.1, 0.15) is 5.76 Å². The normalized spacial score (nSPS) is 17.1. The van der Waals surface area contributed by atoms with E-state index in [-0.39, 0.29) is 6.03 Å². The highest BCUT2D eigenvalue weighted by molar-refractivity contribution is 5.88. The summed E-state index contributed by atoms with van der Waals surface area (Å²) in [6, 6.07) is 9.32. The summed E-state index contributed by atoms with van der Waals surface area (Å²) in [6.07, 6.45) is 1.03. The Hall–Kier alpha value is -2.34. The summed E-state index contributed by atoms with van der Waals surface area (Å²) in [4.78, 5) is 13.9. The molecule has 2 amide bonds. The summed E-state index contributed by atoms with van der Waals surface area (Å²) in [5.74, 6) is 1.06. The number of urea groups is 1. The van der Waals surface area contributed by atoms with Crippen molar-refractivity contribution < 1.29 is 14.4 Å². The van der Waals surface area contributed by atoms with Crippen molar-refractivity contribution in [1.82, 2.24) is 10.1 Å². The molecule has 3 rings (SSSR count). The van der Waals surface area contributed by atoms with E-state index in [1.807, 2.05) is 31.2 Å². The van der Waals surface area contributed by atoms with E-state index < -0.39 is 5.60 Å². The maximum atomic E-state index is 12.2. The van der Waals surface area contributed by atoms with Gasteiger partial charge in [-0.05, 0) is 37.8 Å². The molecule has 1 aromatic heterocycles. The van der Waals surface area contributed by atoms with Crippen LogP contribution in [-0.2, 0) is 5.60 Å². The first-order valence-electron chi connectivity index (χ1n) is 7.76. The molecule has 0 saturated carbocycles. The molecule has 2 N–H and O–H groups in total. The number of nitrogens with zero attached hydrogens (tertiary/aromatic N) is 2. The molecule has 0 aliphatic carbocycles. The number of rotatable bonds is 2. The number of amides is 2. The number of piperidine rings is 1. The molecule has 1 aliphatic heterocycles. The van der Waals surface area contributed by atoms with Crippen LogP contribution in [0.15, 0.2) is 34.9 Å². The Bertz CT molecular complexity index is 703. The third kappa shape index (κ3) is 3.22. The van der Waals surface area contributed by atoms with Crippen LogP contribution < -0.4 is 5.32 Å². The minimum Gasteiger partial charge on any atom is -0.385 e. The van der Waals surface area contributed by atoms with Crippen LogP contribution in [0, 0.1) is 13.8 Å². The Morgan fingerprint density at radius 2 is 2.00 bits per heavy atom. The van der Waals surface area contributed by atoms with Gasteiger partial charge in [0.05, 0.1) is 5.60 Å². The quantitative estimate of drug-likeness (QED) is 0.893. The third-order valence-corrected chi connectivity index (χ3v) is 4.39. The maximum absolute atomic E-state index is 12.2. The van der Waals surface area contributed by atoms with E-state index in [9.17, 15) is 9.90 Å². The fourth-order valence-electron chi connectivity index (χ4n) is 3.06. The van der Waals surface area contributed by atoms with Crippen LogP contribution in [0.5, 0.6) is 0 Å². The number of likely N-dealkylation sites (tertiary alicyclic amines) is 1. The Morgan fingerprint density at radius 3 is 2.61 bits per heavy atom. The molecule has 1 saturated heterocycles. The highest BCUT2D eigenvalue weighted by Crippen LogP contribution is 2.34. The van der Waals surface area contributed by atoms with Gasteiger partial charge in [0.25, 0.3) is 0 Å². The molecular weight excluding hydrogens is 294 g/mol. The van der Waals surface area contributed by atoms with Gasteiger partial charge in [0.15, 0.2) is 5.82 Å². The van der Waals surface area contributed by atoms with Gasteiger partial charge in [-0.2, -0.15) is 0 Å². The summed E-state index contributed by atoms with van der Waals surface area (Å²) in [7, 11) is 0. The van der Waals surface area contributed by atoms with E-state index in [1.165, 1.54) is 0 Å². The SMILES string of the molecule is Cc1cc(NC(=O)N2CCC(O)(c3ccccc3C)CC2)no1. The predicted octanol–water partition coefficient (Wildman–Crippen LogP) is 2.81. The lowest BCUT2D eigenvalue weighted by Gasteiger charge is -2.39. The Morgan fingerprint density at radius 1 is 1.30 bits per heavy atom. The second kappa shape index (κ2) is 6.04. The maximum Gasteiger partial charge on any atom is 0.323 e. The number of hydrogen-bond acceptors (Lipinski definition) is 4. The standard InChI is InChI=1S/C17H21N3O3/c1-12-5-3-4-6-14(12)17(22)7-9-20(10-8-17)16(21)18-15-11-13(2)23-19-15/h3-6,11,22H,7-10H2,1-2H3,(H,18,19,21). The van der Waals surface area contributed by atoms with Gasteiger partial charge >= 0.3 is 6.03 Å². The topological polar surface area (TPSA) is 78.6 Å². The number of aliphatic hydroxyl groups is 1. The second-order valence-electron chi connectivity index (χ2n) is 6.09. The van der Waals surface area contributed by atoms with Gasteiger partial charge in [-0.1, -0.05) is 29.4 Å². The number of hydrogen-bond donors (Lipinski definition) is 2. The van der Waals surface area contributed by atoms with Crippen LogP contribution >= 0.6 is 0 Å². The summed E-state index contributed by atoms with van der Waals surface area (Å²) in [5, 5.41) is 17.4. The largest absolute Gasteiger partial charge is 0.385 e. The van der Waals surface area contributed by atoms with Gasteiger partial charge < -0.3 is 14.5 Å². The van der Waals surface area contributed by atoms with Crippen LogP contribution in [0.2, 0.25) is 0 Å². The Balaban J connectivity index is 1.64. The van der Waals surface area contributed by atoms with Crippen molar-refractivity contribution in [2.75, 3.05) is 18.4 Å². The highest BCUT2D eigenvalue weighted by Gasteiger charge is 2.36. The van der Waals surface area contributed by atoms with Crippen LogP contribution in [0.25, 0.3) is 0 Å². The molecule has 6 heteroatoms. The summed E-state index contributed by atoms with van der Waals surface area (Å²) >= 11 is 0. The Kier molecular flexibility index (Phi) is 4.09. The molecule has 1 fully saturated rings. The molecule has 0 radical (unpaired) electrons. The number of carbonyl (C=O) groups is 1. The molecule has 0 spiro atoms. The molecule has 2 heterocycles. The lowest BCUT2D eigenvalue weighted by Crippen LogP contribution is -2.46. The van der Waals surface area contributed by atoms with Gasteiger partial charge in [-0.3, -0.25) is 5.32 Å². The zero-order chi connectivity index (χ0) is 16.4. The minimum absolute atomic E-state index is 0.217. The first-order valence-corrected chi connectivity index (χ1v) is 7.76. The van der Waals surface area contributed by atoms with Crippen LogP contribution in [-0.4, -0.2) is 34.3 Å². The molecule has 122 valence electrons. The van der Waals surface area contributed by atoms with Gasteiger partial charge in [-0.15, -0.1) is 0 Å². The second-order valence-corrected chi connectivity index (χ2v) is 6.09. The molecule has 0 atom stereocenters. The fraction of sp³-hybridized carbons (Fsp3) is 0.412. The summed E-state index contributed by atoms with van der Waals surface area (Å²) < 4.78 is 4.93. The number of benzene rings is 1. The van der Waals surface area contributed by atoms with E-state index in [2.05, 4.69) is 10.5 Å². The number of carbonyl (C=O) groups excluding carboxylic acids is 1. The first kappa shape index (κ1) is 15.6. The zero-order valence-corrected chi connectivity index (χ0v) is 13.4. The first-order chi connectivity index (χ1) is 11.0. The van der Waals surface area contributed by atoms with Crippen molar-refractivity contribution >= 4 is 11.8 Å². The van der Waals surface area contributed by atoms with Gasteiger partial charge in [-0.25, -0.2) is 4.79 Å². The van der Waals surface area contributed by atoms with E-state index in [0.29, 0.717) is 37.5 Å². The van der Waals surface area contributed by atoms with Crippen molar-refractivity contribution in [3.05, 3.63) is 47.2 Å². The molecule has 2 aromatic rings. The molecule has 0 bridgehead atoms. The molecule has 0 unspecified atom stereocenters. The molecule has 6 nitrogen and oxygen atoms in total. The highest BCUT2D eigenvalue weighted by atomic mass is 16.5. The summed E-state index contributed by atoms with van der Waals surface area (Å²) in [5.41, 5.74) is 1.16. The zero-order valence-electron chi connectivity index (χ0n) is 13.4. The lowest BCUT2D eigenvalue weighted by atomic mass is 9.82. The van der Waals surface area contributed by atoms with Crippen molar-refractivity contribution in [2.45, 2.75) is 32.3 Å². The van der Waals surface area contributed by atoms with Crippen molar-refractivity contribution in [3.63, 3.8) is 0 Å². The van der Waals surface area contributed by atoms with Crippen molar-refractivity contribution in [2.24, 2.45) is 0 Å². The van der Waals surface area contributed by atoms with Gasteiger partial charge in [0, 0.05) is 19.2 Å². The predicted molar refractivity (Wildman–Crippen MR) is 86.1 cm³/mol. The van der Waals surface area contributed by atoms with Crippen molar-refractivity contribution in [3.8, 4) is 0 Å². The van der Waals surface area contributed by atoms with Crippen LogP contribution in [0.4, 0.5) is 10.6 Å². The number of anilines is 1. The van der Waals surface area contributed by atoms with Crippen LogP contribution in [0.3, 0.4) is 0 Å². The van der Waals surface area contributed by atoms with Crippen molar-refractivity contribution in [1.29, 1.82) is 0 Å². The molecular formula is C17H21N3O3. The van der Waals surface area contributed by atoms with E-state index in [0.717, 1.165) is 11.1 Å². The molecule has 1 aromatic carbocycles. The Labute approximate surface area is 135 Å². The molecule has 1 aliphatic rings. The fourth-order valence-corrected chi connectivity index (χ4v) is 3.06. The van der Waals surface area contributed by atoms with E-state index in [4.69, 9.17) is 4.52 Å².